The number of carbonyl (C=O) groups excluding carboxylic acids is 1. The maximum atomic E-state index is 12.7. The van der Waals surface area contributed by atoms with Crippen molar-refractivity contribution in [1.29, 1.82) is 0 Å². The first-order valence-electron chi connectivity index (χ1n) is 9.25. The molecule has 3 rings (SSSR count). The zero-order valence-corrected chi connectivity index (χ0v) is 16.7. The number of nitrogens with zero attached hydrogens (tertiary/aromatic N) is 2. The second-order valence-electron chi connectivity index (χ2n) is 6.76. The molecule has 5 nitrogen and oxygen atoms in total. The Morgan fingerprint density at radius 2 is 1.75 bits per heavy atom. The average molecular weight is 395 g/mol. The highest BCUT2D eigenvalue weighted by molar-refractivity contribution is 6.30. The van der Waals surface area contributed by atoms with Crippen molar-refractivity contribution in [2.45, 2.75) is 26.3 Å². The highest BCUT2D eigenvalue weighted by Gasteiger charge is 2.13. The first-order chi connectivity index (χ1) is 13.5. The monoisotopic (exact) mass is 394 g/mol. The first-order valence-corrected chi connectivity index (χ1v) is 9.63. The maximum Gasteiger partial charge on any atom is 0.270 e. The van der Waals surface area contributed by atoms with Gasteiger partial charge < -0.3 is 10.6 Å². The van der Waals surface area contributed by atoms with Crippen LogP contribution in [0.1, 0.15) is 29.9 Å². The van der Waals surface area contributed by atoms with Gasteiger partial charge in [0.05, 0.1) is 0 Å². The van der Waals surface area contributed by atoms with Gasteiger partial charge in [-0.25, -0.2) is 9.97 Å². The number of hydrogen-bond donors (Lipinski definition) is 2. The quantitative estimate of drug-likeness (QED) is 0.615. The second-order valence-corrected chi connectivity index (χ2v) is 7.20. The van der Waals surface area contributed by atoms with Crippen LogP contribution in [0, 0.1) is 0 Å². The molecular weight excluding hydrogens is 372 g/mol. The topological polar surface area (TPSA) is 66.9 Å². The molecule has 28 heavy (non-hydrogen) atoms. The number of hydrogen-bond acceptors (Lipinski definition) is 4. The summed E-state index contributed by atoms with van der Waals surface area (Å²) in [5.41, 5.74) is 2.32. The number of aromatic nitrogens is 2. The first kappa shape index (κ1) is 19.8. The van der Waals surface area contributed by atoms with Crippen molar-refractivity contribution in [3.8, 4) is 11.4 Å². The molecule has 3 aromatic rings. The SMILES string of the molecule is CC(C)Nc1cc(C(=O)NCCc2ccc(Cl)cc2)nc(-c2ccccc2)n1. The number of anilines is 1. The van der Waals surface area contributed by atoms with E-state index in [1.54, 1.807) is 6.07 Å². The van der Waals surface area contributed by atoms with Gasteiger partial charge in [-0.3, -0.25) is 4.79 Å². The Labute approximate surface area is 170 Å². The predicted molar refractivity (Wildman–Crippen MR) is 114 cm³/mol. The van der Waals surface area contributed by atoms with Crippen LogP contribution in [0.3, 0.4) is 0 Å². The molecule has 0 fully saturated rings. The molecule has 2 N–H and O–H groups in total. The average Bonchev–Trinajstić information content (AvgIpc) is 2.69. The summed E-state index contributed by atoms with van der Waals surface area (Å²) in [6.45, 7) is 4.56. The fourth-order valence-electron chi connectivity index (χ4n) is 2.71. The largest absolute Gasteiger partial charge is 0.368 e. The molecule has 1 heterocycles. The molecular formula is C22H23ClN4O. The van der Waals surface area contributed by atoms with E-state index in [1.807, 2.05) is 68.4 Å². The van der Waals surface area contributed by atoms with Gasteiger partial charge in [0.1, 0.15) is 11.5 Å². The van der Waals surface area contributed by atoms with Gasteiger partial charge in [0.15, 0.2) is 5.82 Å². The van der Waals surface area contributed by atoms with Gasteiger partial charge in [-0.05, 0) is 38.0 Å². The van der Waals surface area contributed by atoms with Crippen molar-refractivity contribution in [2.75, 3.05) is 11.9 Å². The van der Waals surface area contributed by atoms with E-state index in [1.165, 1.54) is 0 Å². The molecule has 0 atom stereocenters. The normalized spacial score (nSPS) is 10.7. The molecule has 0 unspecified atom stereocenters. The van der Waals surface area contributed by atoms with E-state index in [0.29, 0.717) is 28.9 Å². The summed E-state index contributed by atoms with van der Waals surface area (Å²) in [7, 11) is 0. The zero-order valence-electron chi connectivity index (χ0n) is 15.9. The smallest absolute Gasteiger partial charge is 0.270 e. The Morgan fingerprint density at radius 3 is 2.43 bits per heavy atom. The minimum absolute atomic E-state index is 0.194. The number of amides is 1. The summed E-state index contributed by atoms with van der Waals surface area (Å²) in [5.74, 6) is 0.932. The highest BCUT2D eigenvalue weighted by atomic mass is 35.5. The molecule has 144 valence electrons. The third-order valence-corrected chi connectivity index (χ3v) is 4.29. The van der Waals surface area contributed by atoms with Crippen LogP contribution in [0.25, 0.3) is 11.4 Å². The van der Waals surface area contributed by atoms with E-state index in [2.05, 4.69) is 20.6 Å². The van der Waals surface area contributed by atoms with Crippen LogP contribution in [0.15, 0.2) is 60.7 Å². The lowest BCUT2D eigenvalue weighted by molar-refractivity contribution is 0.0949. The van der Waals surface area contributed by atoms with Crippen LogP contribution in [-0.2, 0) is 6.42 Å². The second kappa shape index (κ2) is 9.33. The number of nitrogens with one attached hydrogen (secondary N) is 2. The number of benzene rings is 2. The van der Waals surface area contributed by atoms with E-state index in [9.17, 15) is 4.79 Å². The molecule has 0 aliphatic heterocycles. The molecule has 0 spiro atoms. The Morgan fingerprint density at radius 1 is 1.04 bits per heavy atom. The summed E-state index contributed by atoms with van der Waals surface area (Å²) in [4.78, 5) is 21.7. The zero-order chi connectivity index (χ0) is 19.9. The van der Waals surface area contributed by atoms with E-state index in [0.717, 1.165) is 17.5 Å². The van der Waals surface area contributed by atoms with Crippen LogP contribution in [0.4, 0.5) is 5.82 Å². The van der Waals surface area contributed by atoms with Gasteiger partial charge in [-0.2, -0.15) is 0 Å². The lowest BCUT2D eigenvalue weighted by Crippen LogP contribution is -2.27. The lowest BCUT2D eigenvalue weighted by Gasteiger charge is -2.12. The Balaban J connectivity index is 1.75. The minimum atomic E-state index is -0.222. The van der Waals surface area contributed by atoms with Crippen molar-refractivity contribution < 1.29 is 4.79 Å². The molecule has 0 bridgehead atoms. The minimum Gasteiger partial charge on any atom is -0.368 e. The van der Waals surface area contributed by atoms with E-state index >= 15 is 0 Å². The third-order valence-electron chi connectivity index (χ3n) is 4.04. The summed E-state index contributed by atoms with van der Waals surface area (Å²) < 4.78 is 0. The number of rotatable bonds is 7. The molecule has 0 radical (unpaired) electrons. The Hall–Kier alpha value is -2.92. The molecule has 2 aromatic carbocycles. The summed E-state index contributed by atoms with van der Waals surface area (Å²) in [6.07, 6.45) is 0.719. The van der Waals surface area contributed by atoms with E-state index in [4.69, 9.17) is 11.6 Å². The highest BCUT2D eigenvalue weighted by Crippen LogP contribution is 2.18. The van der Waals surface area contributed by atoms with Crippen LogP contribution in [0.5, 0.6) is 0 Å². The maximum absolute atomic E-state index is 12.7. The fraction of sp³-hybridized carbons (Fsp3) is 0.227. The van der Waals surface area contributed by atoms with Crippen LogP contribution in [0.2, 0.25) is 5.02 Å². The molecule has 0 saturated heterocycles. The summed E-state index contributed by atoms with van der Waals surface area (Å²) in [5, 5.41) is 6.89. The molecule has 6 heteroatoms. The number of carbonyl (C=O) groups is 1. The van der Waals surface area contributed by atoms with E-state index in [-0.39, 0.29) is 11.9 Å². The fourth-order valence-corrected chi connectivity index (χ4v) is 2.84. The molecule has 0 aliphatic carbocycles. The van der Waals surface area contributed by atoms with Gasteiger partial charge in [0, 0.05) is 29.2 Å². The van der Waals surface area contributed by atoms with Gasteiger partial charge in [0.25, 0.3) is 5.91 Å². The number of halogens is 1. The van der Waals surface area contributed by atoms with Crippen LogP contribution < -0.4 is 10.6 Å². The van der Waals surface area contributed by atoms with Gasteiger partial charge in [0.2, 0.25) is 0 Å². The predicted octanol–water partition coefficient (Wildman–Crippen LogP) is 4.59. The van der Waals surface area contributed by atoms with Crippen molar-refractivity contribution in [3.63, 3.8) is 0 Å². The van der Waals surface area contributed by atoms with Crippen molar-refractivity contribution in [1.82, 2.24) is 15.3 Å². The van der Waals surface area contributed by atoms with E-state index < -0.39 is 0 Å². The Kier molecular flexibility index (Phi) is 6.61. The summed E-state index contributed by atoms with van der Waals surface area (Å²) in [6, 6.07) is 19.1. The standard InChI is InChI=1S/C22H23ClN4O/c1-15(2)25-20-14-19(26-21(27-20)17-6-4-3-5-7-17)22(28)24-13-12-16-8-10-18(23)11-9-16/h3-11,14-15H,12-13H2,1-2H3,(H,24,28)(H,25,26,27). The Bertz CT molecular complexity index is 927. The third kappa shape index (κ3) is 5.54. The molecule has 0 saturated carbocycles. The molecule has 1 amide bonds. The van der Waals surface area contributed by atoms with Crippen molar-refractivity contribution >= 4 is 23.3 Å². The van der Waals surface area contributed by atoms with Crippen molar-refractivity contribution in [3.05, 3.63) is 76.9 Å². The van der Waals surface area contributed by atoms with Gasteiger partial charge in [-0.1, -0.05) is 54.1 Å². The van der Waals surface area contributed by atoms with Gasteiger partial charge >= 0.3 is 0 Å². The van der Waals surface area contributed by atoms with Crippen molar-refractivity contribution in [2.24, 2.45) is 0 Å². The van der Waals surface area contributed by atoms with Gasteiger partial charge in [-0.15, -0.1) is 0 Å². The van der Waals surface area contributed by atoms with Crippen LogP contribution >= 0.6 is 11.6 Å². The summed E-state index contributed by atoms with van der Waals surface area (Å²) >= 11 is 5.90. The lowest BCUT2D eigenvalue weighted by atomic mass is 10.1. The van der Waals surface area contributed by atoms with Crippen LogP contribution in [-0.4, -0.2) is 28.5 Å². The molecule has 1 aromatic heterocycles. The molecule has 0 aliphatic rings.